The van der Waals surface area contributed by atoms with Crippen LogP contribution in [0.1, 0.15) is 24.2 Å². The molecule has 6 heteroatoms. The largest absolute Gasteiger partial charge is 0.341 e. The summed E-state index contributed by atoms with van der Waals surface area (Å²) in [5, 5.41) is 0. The summed E-state index contributed by atoms with van der Waals surface area (Å²) in [6.07, 6.45) is 0. The molecule has 25 heavy (non-hydrogen) atoms. The molecule has 2 rings (SSSR count). The fraction of sp³-hybridized carbons (Fsp3) is 0.316. The van der Waals surface area contributed by atoms with Gasteiger partial charge in [-0.1, -0.05) is 38.1 Å². The summed E-state index contributed by atoms with van der Waals surface area (Å²) in [5.74, 6) is 0.151. The van der Waals surface area contributed by atoms with Crippen molar-refractivity contribution in [2.24, 2.45) is 5.92 Å². The monoisotopic (exact) mass is 360 g/mol. The summed E-state index contributed by atoms with van der Waals surface area (Å²) in [4.78, 5) is 14.2. The summed E-state index contributed by atoms with van der Waals surface area (Å²) in [6.45, 7) is 4.67. The molecule has 0 aliphatic rings. The minimum Gasteiger partial charge on any atom is -0.341 e. The van der Waals surface area contributed by atoms with Gasteiger partial charge in [0.15, 0.2) is 0 Å². The Hall–Kier alpha value is -2.34. The number of rotatable bonds is 6. The molecule has 0 aliphatic carbocycles. The van der Waals surface area contributed by atoms with Crippen LogP contribution >= 0.6 is 0 Å². The van der Waals surface area contributed by atoms with Crippen LogP contribution in [-0.4, -0.2) is 39.9 Å². The molecule has 0 heterocycles. The topological polar surface area (TPSA) is 57.7 Å². The Kier molecular flexibility index (Phi) is 5.85. The molecule has 0 fully saturated rings. The fourth-order valence-corrected chi connectivity index (χ4v) is 3.82. The van der Waals surface area contributed by atoms with Crippen LogP contribution in [0.4, 0.5) is 5.69 Å². The van der Waals surface area contributed by atoms with Gasteiger partial charge in [-0.05, 0) is 36.2 Å². The molecule has 2 aromatic rings. The van der Waals surface area contributed by atoms with E-state index in [1.165, 1.54) is 23.5 Å². The van der Waals surface area contributed by atoms with Gasteiger partial charge in [0, 0.05) is 26.2 Å². The Bertz CT molecular complexity index is 833. The van der Waals surface area contributed by atoms with Crippen LogP contribution in [-0.2, 0) is 10.0 Å². The molecule has 0 unspecified atom stereocenters. The van der Waals surface area contributed by atoms with Crippen LogP contribution in [0, 0.1) is 5.92 Å². The highest BCUT2D eigenvalue weighted by molar-refractivity contribution is 7.92. The van der Waals surface area contributed by atoms with Crippen molar-refractivity contribution in [2.75, 3.05) is 24.9 Å². The Morgan fingerprint density at radius 3 is 2.24 bits per heavy atom. The number of nitrogens with zero attached hydrogens (tertiary/aromatic N) is 2. The molecule has 0 N–H and O–H groups in total. The number of hydrogen-bond acceptors (Lipinski definition) is 3. The maximum atomic E-state index is 12.9. The normalized spacial score (nSPS) is 11.4. The second-order valence-corrected chi connectivity index (χ2v) is 8.38. The van der Waals surface area contributed by atoms with E-state index in [9.17, 15) is 13.2 Å². The molecule has 0 bridgehead atoms. The number of benzene rings is 2. The van der Waals surface area contributed by atoms with Gasteiger partial charge < -0.3 is 4.90 Å². The van der Waals surface area contributed by atoms with Crippen molar-refractivity contribution >= 4 is 21.6 Å². The van der Waals surface area contributed by atoms with Gasteiger partial charge in [0.05, 0.1) is 10.6 Å². The molecule has 0 spiro atoms. The van der Waals surface area contributed by atoms with Gasteiger partial charge in [-0.2, -0.15) is 0 Å². The van der Waals surface area contributed by atoms with Gasteiger partial charge in [0.25, 0.3) is 15.9 Å². The lowest BCUT2D eigenvalue weighted by Gasteiger charge is -2.21. The van der Waals surface area contributed by atoms with E-state index in [2.05, 4.69) is 0 Å². The number of carbonyl (C=O) groups excluding carboxylic acids is 1. The van der Waals surface area contributed by atoms with E-state index in [1.54, 1.807) is 48.3 Å². The molecule has 1 amide bonds. The van der Waals surface area contributed by atoms with Crippen molar-refractivity contribution in [2.45, 2.75) is 18.7 Å². The van der Waals surface area contributed by atoms with E-state index in [1.807, 2.05) is 19.9 Å². The smallest absolute Gasteiger partial charge is 0.264 e. The number of para-hydroxylation sites is 1. The molecule has 0 atom stereocenters. The van der Waals surface area contributed by atoms with Crippen molar-refractivity contribution < 1.29 is 13.2 Å². The first-order chi connectivity index (χ1) is 11.7. The van der Waals surface area contributed by atoms with Crippen molar-refractivity contribution in [3.63, 3.8) is 0 Å². The van der Waals surface area contributed by atoms with Gasteiger partial charge in [-0.3, -0.25) is 9.10 Å². The van der Waals surface area contributed by atoms with E-state index in [0.29, 0.717) is 23.7 Å². The van der Waals surface area contributed by atoms with Gasteiger partial charge in [0.2, 0.25) is 0 Å². The fourth-order valence-electron chi connectivity index (χ4n) is 2.58. The number of anilines is 1. The number of hydrogen-bond donors (Lipinski definition) is 0. The SMILES string of the molecule is CC(C)CN(C)C(=O)c1cccc(S(=O)(=O)N(C)c2ccccc2)c1. The summed E-state index contributed by atoms with van der Waals surface area (Å²) in [6, 6.07) is 15.0. The van der Waals surface area contributed by atoms with Gasteiger partial charge in [-0.15, -0.1) is 0 Å². The van der Waals surface area contributed by atoms with Crippen molar-refractivity contribution in [3.05, 3.63) is 60.2 Å². The van der Waals surface area contributed by atoms with Crippen LogP contribution in [0.5, 0.6) is 0 Å². The maximum absolute atomic E-state index is 12.9. The predicted octanol–water partition coefficient (Wildman–Crippen LogP) is 3.24. The number of sulfonamides is 1. The van der Waals surface area contributed by atoms with Gasteiger partial charge >= 0.3 is 0 Å². The minimum atomic E-state index is -3.73. The molecule has 0 aliphatic heterocycles. The van der Waals surface area contributed by atoms with Crippen LogP contribution in [0.2, 0.25) is 0 Å². The average molecular weight is 360 g/mol. The van der Waals surface area contributed by atoms with E-state index in [-0.39, 0.29) is 10.8 Å². The average Bonchev–Trinajstić information content (AvgIpc) is 2.60. The van der Waals surface area contributed by atoms with Crippen LogP contribution in [0.15, 0.2) is 59.5 Å². The Balaban J connectivity index is 2.33. The third kappa shape index (κ3) is 4.39. The van der Waals surface area contributed by atoms with Crippen molar-refractivity contribution in [3.8, 4) is 0 Å². The Morgan fingerprint density at radius 1 is 1.00 bits per heavy atom. The zero-order chi connectivity index (χ0) is 18.6. The summed E-state index contributed by atoms with van der Waals surface area (Å²) < 4.78 is 26.9. The lowest BCUT2D eigenvalue weighted by molar-refractivity contribution is 0.0779. The highest BCUT2D eigenvalue weighted by Crippen LogP contribution is 2.22. The molecule has 5 nitrogen and oxygen atoms in total. The first kappa shape index (κ1) is 19.0. The maximum Gasteiger partial charge on any atom is 0.264 e. The molecule has 0 aromatic heterocycles. The molecule has 0 saturated heterocycles. The van der Waals surface area contributed by atoms with Crippen LogP contribution in [0.3, 0.4) is 0 Å². The summed E-state index contributed by atoms with van der Waals surface area (Å²) in [5.41, 5.74) is 0.932. The predicted molar refractivity (Wildman–Crippen MR) is 100 cm³/mol. The summed E-state index contributed by atoms with van der Waals surface area (Å²) in [7, 11) is -0.508. The Labute approximate surface area is 149 Å². The van der Waals surface area contributed by atoms with E-state index in [4.69, 9.17) is 0 Å². The Morgan fingerprint density at radius 2 is 1.64 bits per heavy atom. The molecular formula is C19H24N2O3S. The molecule has 0 saturated carbocycles. The van der Waals surface area contributed by atoms with Crippen LogP contribution in [0.25, 0.3) is 0 Å². The first-order valence-electron chi connectivity index (χ1n) is 8.13. The van der Waals surface area contributed by atoms with Crippen LogP contribution < -0.4 is 4.31 Å². The lowest BCUT2D eigenvalue weighted by Crippen LogP contribution is -2.31. The third-order valence-corrected chi connectivity index (χ3v) is 5.63. The zero-order valence-corrected chi connectivity index (χ0v) is 15.8. The quantitative estimate of drug-likeness (QED) is 0.795. The zero-order valence-electron chi connectivity index (χ0n) is 15.0. The lowest BCUT2D eigenvalue weighted by atomic mass is 10.1. The third-order valence-electron chi connectivity index (χ3n) is 3.84. The van der Waals surface area contributed by atoms with E-state index < -0.39 is 10.0 Å². The second-order valence-electron chi connectivity index (χ2n) is 6.42. The number of amides is 1. The highest BCUT2D eigenvalue weighted by Gasteiger charge is 2.23. The van der Waals surface area contributed by atoms with Gasteiger partial charge in [-0.25, -0.2) is 8.42 Å². The standard InChI is InChI=1S/C19H24N2O3S/c1-15(2)14-20(3)19(22)16-9-8-12-18(13-16)25(23,24)21(4)17-10-6-5-7-11-17/h5-13,15H,14H2,1-4H3. The first-order valence-corrected chi connectivity index (χ1v) is 9.57. The highest BCUT2D eigenvalue weighted by atomic mass is 32.2. The molecule has 2 aromatic carbocycles. The van der Waals surface area contributed by atoms with Crippen molar-refractivity contribution in [1.29, 1.82) is 0 Å². The van der Waals surface area contributed by atoms with E-state index >= 15 is 0 Å². The second kappa shape index (κ2) is 7.70. The molecule has 0 radical (unpaired) electrons. The van der Waals surface area contributed by atoms with Crippen molar-refractivity contribution in [1.82, 2.24) is 4.90 Å². The molecule has 134 valence electrons. The summed E-state index contributed by atoms with van der Waals surface area (Å²) >= 11 is 0. The van der Waals surface area contributed by atoms with Gasteiger partial charge in [0.1, 0.15) is 0 Å². The minimum absolute atomic E-state index is 0.0997. The molecular weight excluding hydrogens is 336 g/mol. The number of carbonyl (C=O) groups is 1. The van der Waals surface area contributed by atoms with E-state index in [0.717, 1.165) is 0 Å².